The van der Waals surface area contributed by atoms with Crippen LogP contribution in [0.15, 0.2) is 12.4 Å². The third-order valence-corrected chi connectivity index (χ3v) is 1.41. The minimum atomic E-state index is 0.342. The molecule has 0 fully saturated rings. The Morgan fingerprint density at radius 1 is 1.36 bits per heavy atom. The van der Waals surface area contributed by atoms with Gasteiger partial charge in [-0.1, -0.05) is 13.8 Å². The van der Waals surface area contributed by atoms with Gasteiger partial charge in [0.2, 0.25) is 0 Å². The predicted octanol–water partition coefficient (Wildman–Crippen LogP) is 0.886. The van der Waals surface area contributed by atoms with Crippen molar-refractivity contribution in [3.63, 3.8) is 0 Å². The average Bonchev–Trinajstić information content (AvgIpc) is 2.04. The lowest BCUT2D eigenvalue weighted by Crippen LogP contribution is -2.12. The van der Waals surface area contributed by atoms with Crippen LogP contribution in [-0.4, -0.2) is 9.97 Å². The van der Waals surface area contributed by atoms with Gasteiger partial charge in [-0.05, 0) is 5.92 Å². The number of rotatable bonds is 2. The summed E-state index contributed by atoms with van der Waals surface area (Å²) in [5.74, 6) is 6.23. The summed E-state index contributed by atoms with van der Waals surface area (Å²) in [6.07, 6.45) is 3.28. The smallest absolute Gasteiger partial charge is 0.162 e. The summed E-state index contributed by atoms with van der Waals surface area (Å²) >= 11 is 0. The SMILES string of the molecule is CC(C)c1nccnc1NN. The van der Waals surface area contributed by atoms with Crippen LogP contribution in [0.3, 0.4) is 0 Å². The molecule has 0 atom stereocenters. The minimum Gasteiger partial charge on any atom is -0.307 e. The summed E-state index contributed by atoms with van der Waals surface area (Å²) in [4.78, 5) is 8.16. The molecule has 0 aromatic carbocycles. The maximum absolute atomic E-state index is 5.24. The standard InChI is InChI=1S/C7H12N4/c1-5(2)6-7(11-8)10-4-3-9-6/h3-5H,8H2,1-2H3,(H,10,11). The first kappa shape index (κ1) is 7.94. The zero-order valence-electron chi connectivity index (χ0n) is 6.70. The van der Waals surface area contributed by atoms with Gasteiger partial charge in [-0.15, -0.1) is 0 Å². The molecule has 0 spiro atoms. The molecule has 0 radical (unpaired) electrons. The molecule has 60 valence electrons. The zero-order valence-corrected chi connectivity index (χ0v) is 6.70. The molecular weight excluding hydrogens is 140 g/mol. The molecule has 1 aromatic heterocycles. The third kappa shape index (κ3) is 1.65. The third-order valence-electron chi connectivity index (χ3n) is 1.41. The molecule has 0 aliphatic carbocycles. The lowest BCUT2D eigenvalue weighted by molar-refractivity contribution is 0.813. The number of nitrogen functional groups attached to an aromatic ring is 1. The first-order chi connectivity index (χ1) is 5.25. The van der Waals surface area contributed by atoms with Gasteiger partial charge in [-0.25, -0.2) is 10.8 Å². The first-order valence-electron chi connectivity index (χ1n) is 3.53. The fourth-order valence-electron chi connectivity index (χ4n) is 0.882. The molecule has 4 nitrogen and oxygen atoms in total. The van der Waals surface area contributed by atoms with E-state index in [1.807, 2.05) is 13.8 Å². The molecule has 0 unspecified atom stereocenters. The van der Waals surface area contributed by atoms with Gasteiger partial charge >= 0.3 is 0 Å². The summed E-state index contributed by atoms with van der Waals surface area (Å²) in [5, 5.41) is 0. The van der Waals surface area contributed by atoms with Crippen molar-refractivity contribution in [3.05, 3.63) is 18.1 Å². The molecule has 1 rings (SSSR count). The second kappa shape index (κ2) is 3.30. The Bertz CT molecular complexity index is 234. The van der Waals surface area contributed by atoms with E-state index in [1.165, 1.54) is 0 Å². The highest BCUT2D eigenvalue weighted by Gasteiger charge is 2.06. The molecular formula is C7H12N4. The molecule has 4 heteroatoms. The fourth-order valence-corrected chi connectivity index (χ4v) is 0.882. The van der Waals surface area contributed by atoms with Gasteiger partial charge in [0.1, 0.15) is 0 Å². The van der Waals surface area contributed by atoms with Crippen molar-refractivity contribution in [1.29, 1.82) is 0 Å². The van der Waals surface area contributed by atoms with Crippen LogP contribution in [0.1, 0.15) is 25.5 Å². The van der Waals surface area contributed by atoms with Crippen molar-refractivity contribution in [1.82, 2.24) is 9.97 Å². The normalized spacial score (nSPS) is 10.2. The number of nitrogens with two attached hydrogens (primary N) is 1. The number of nitrogens with zero attached hydrogens (tertiary/aromatic N) is 2. The molecule has 1 aromatic rings. The monoisotopic (exact) mass is 152 g/mol. The average molecular weight is 152 g/mol. The maximum atomic E-state index is 5.24. The number of nitrogens with one attached hydrogen (secondary N) is 1. The Balaban J connectivity index is 3.02. The van der Waals surface area contributed by atoms with Crippen LogP contribution < -0.4 is 11.3 Å². The molecule has 0 saturated heterocycles. The second-order valence-corrected chi connectivity index (χ2v) is 2.59. The highest BCUT2D eigenvalue weighted by molar-refractivity contribution is 5.39. The summed E-state index contributed by atoms with van der Waals surface area (Å²) in [6, 6.07) is 0. The van der Waals surface area contributed by atoms with E-state index in [9.17, 15) is 0 Å². The van der Waals surface area contributed by atoms with Gasteiger partial charge < -0.3 is 5.43 Å². The van der Waals surface area contributed by atoms with Crippen molar-refractivity contribution >= 4 is 5.82 Å². The highest BCUT2D eigenvalue weighted by atomic mass is 15.3. The summed E-state index contributed by atoms with van der Waals surface area (Å²) in [7, 11) is 0. The number of anilines is 1. The number of hydrogen-bond donors (Lipinski definition) is 2. The Morgan fingerprint density at radius 3 is 2.45 bits per heavy atom. The van der Waals surface area contributed by atoms with Crippen LogP contribution in [0.4, 0.5) is 5.82 Å². The summed E-state index contributed by atoms with van der Waals surface area (Å²) < 4.78 is 0. The van der Waals surface area contributed by atoms with Crippen molar-refractivity contribution < 1.29 is 0 Å². The largest absolute Gasteiger partial charge is 0.307 e. The molecule has 0 saturated carbocycles. The van der Waals surface area contributed by atoms with Gasteiger partial charge in [-0.2, -0.15) is 0 Å². The molecule has 0 aliphatic rings. The van der Waals surface area contributed by atoms with Crippen molar-refractivity contribution in [3.8, 4) is 0 Å². The number of hydrazine groups is 1. The van der Waals surface area contributed by atoms with Crippen molar-refractivity contribution in [2.45, 2.75) is 19.8 Å². The molecule has 1 heterocycles. The highest BCUT2D eigenvalue weighted by Crippen LogP contribution is 2.16. The molecule has 0 amide bonds. The summed E-state index contributed by atoms with van der Waals surface area (Å²) in [5.41, 5.74) is 3.40. The molecule has 0 bridgehead atoms. The van der Waals surface area contributed by atoms with E-state index in [0.29, 0.717) is 11.7 Å². The second-order valence-electron chi connectivity index (χ2n) is 2.59. The van der Waals surface area contributed by atoms with Gasteiger partial charge in [0, 0.05) is 12.4 Å². The zero-order chi connectivity index (χ0) is 8.27. The Kier molecular flexibility index (Phi) is 2.38. The number of hydrogen-bond acceptors (Lipinski definition) is 4. The van der Waals surface area contributed by atoms with Crippen LogP contribution >= 0.6 is 0 Å². The van der Waals surface area contributed by atoms with Gasteiger partial charge in [0.25, 0.3) is 0 Å². The van der Waals surface area contributed by atoms with Crippen LogP contribution in [0, 0.1) is 0 Å². The summed E-state index contributed by atoms with van der Waals surface area (Å²) in [6.45, 7) is 4.09. The van der Waals surface area contributed by atoms with Gasteiger partial charge in [0.05, 0.1) is 5.69 Å². The van der Waals surface area contributed by atoms with Crippen molar-refractivity contribution in [2.75, 3.05) is 5.43 Å². The maximum Gasteiger partial charge on any atom is 0.162 e. The number of aromatic nitrogens is 2. The Labute approximate surface area is 65.8 Å². The molecule has 3 N–H and O–H groups in total. The lowest BCUT2D eigenvalue weighted by Gasteiger charge is -2.07. The van der Waals surface area contributed by atoms with Gasteiger partial charge in [-0.3, -0.25) is 4.98 Å². The van der Waals surface area contributed by atoms with Gasteiger partial charge in [0.15, 0.2) is 5.82 Å². The predicted molar refractivity (Wildman–Crippen MR) is 43.9 cm³/mol. The lowest BCUT2D eigenvalue weighted by atomic mass is 10.1. The fraction of sp³-hybridized carbons (Fsp3) is 0.429. The quantitative estimate of drug-likeness (QED) is 0.488. The van der Waals surface area contributed by atoms with E-state index in [-0.39, 0.29) is 0 Å². The van der Waals surface area contributed by atoms with Crippen LogP contribution in [0.25, 0.3) is 0 Å². The minimum absolute atomic E-state index is 0.342. The van der Waals surface area contributed by atoms with Crippen LogP contribution in [0.5, 0.6) is 0 Å². The molecule has 11 heavy (non-hydrogen) atoms. The van der Waals surface area contributed by atoms with E-state index < -0.39 is 0 Å². The Morgan fingerprint density at radius 2 is 2.00 bits per heavy atom. The first-order valence-corrected chi connectivity index (χ1v) is 3.53. The van der Waals surface area contributed by atoms with E-state index >= 15 is 0 Å². The molecule has 0 aliphatic heterocycles. The topological polar surface area (TPSA) is 63.8 Å². The van der Waals surface area contributed by atoms with Crippen LogP contribution in [0.2, 0.25) is 0 Å². The Hall–Kier alpha value is -1.16. The van der Waals surface area contributed by atoms with E-state index in [1.54, 1.807) is 12.4 Å². The van der Waals surface area contributed by atoms with E-state index in [2.05, 4.69) is 15.4 Å². The van der Waals surface area contributed by atoms with E-state index in [4.69, 9.17) is 5.84 Å². The van der Waals surface area contributed by atoms with E-state index in [0.717, 1.165) is 5.69 Å². The van der Waals surface area contributed by atoms with Crippen LogP contribution in [-0.2, 0) is 0 Å². The van der Waals surface area contributed by atoms with Crippen molar-refractivity contribution in [2.24, 2.45) is 5.84 Å².